The lowest BCUT2D eigenvalue weighted by atomic mass is 10.0. The van der Waals surface area contributed by atoms with Crippen LogP contribution in [0.2, 0.25) is 0 Å². The highest BCUT2D eigenvalue weighted by Crippen LogP contribution is 2.30. The van der Waals surface area contributed by atoms with E-state index in [0.717, 1.165) is 12.8 Å². The SMILES string of the molecule is CCCCCCCCCCCCCCCCCCCCCCCCOP(=O)([O-])O. The van der Waals surface area contributed by atoms with Gasteiger partial charge in [-0.15, -0.1) is 0 Å². The molecule has 0 aromatic heterocycles. The lowest BCUT2D eigenvalue weighted by Gasteiger charge is -2.14. The fourth-order valence-electron chi connectivity index (χ4n) is 3.89. The Bertz CT molecular complexity index is 357. The molecule has 0 amide bonds. The summed E-state index contributed by atoms with van der Waals surface area (Å²) in [5.74, 6) is 0. The monoisotopic (exact) mass is 433 g/mol. The van der Waals surface area contributed by atoms with Crippen molar-refractivity contribution in [3.05, 3.63) is 0 Å². The van der Waals surface area contributed by atoms with Gasteiger partial charge in [0.1, 0.15) is 0 Å². The first kappa shape index (κ1) is 29.1. The van der Waals surface area contributed by atoms with E-state index in [1.807, 2.05) is 0 Å². The smallest absolute Gasteiger partial charge is 0.265 e. The van der Waals surface area contributed by atoms with E-state index >= 15 is 0 Å². The van der Waals surface area contributed by atoms with E-state index in [4.69, 9.17) is 4.89 Å². The first-order valence-electron chi connectivity index (χ1n) is 12.7. The van der Waals surface area contributed by atoms with Gasteiger partial charge in [0.2, 0.25) is 0 Å². The van der Waals surface area contributed by atoms with E-state index in [1.54, 1.807) is 0 Å². The molecule has 176 valence electrons. The zero-order valence-corrected chi connectivity index (χ0v) is 20.3. The number of unbranched alkanes of at least 4 members (excludes halogenated alkanes) is 21. The number of phosphoric ester groups is 1. The molecule has 0 spiro atoms. The molecule has 0 aromatic carbocycles. The second-order valence-corrected chi connectivity index (χ2v) is 9.92. The first-order valence-corrected chi connectivity index (χ1v) is 14.2. The van der Waals surface area contributed by atoms with E-state index in [0.29, 0.717) is 6.42 Å². The van der Waals surface area contributed by atoms with Crippen molar-refractivity contribution >= 4 is 7.82 Å². The highest BCUT2D eigenvalue weighted by molar-refractivity contribution is 7.44. The van der Waals surface area contributed by atoms with Crippen LogP contribution in [0.3, 0.4) is 0 Å². The Kier molecular flexibility index (Phi) is 22.9. The van der Waals surface area contributed by atoms with E-state index < -0.39 is 7.82 Å². The maximum Gasteiger partial charge on any atom is 0.265 e. The summed E-state index contributed by atoms with van der Waals surface area (Å²) in [4.78, 5) is 18.9. The van der Waals surface area contributed by atoms with Crippen LogP contribution in [0.15, 0.2) is 0 Å². The van der Waals surface area contributed by atoms with Crippen LogP contribution in [0.5, 0.6) is 0 Å². The van der Waals surface area contributed by atoms with E-state index in [9.17, 15) is 9.46 Å². The molecule has 0 radical (unpaired) electrons. The average molecular weight is 434 g/mol. The Morgan fingerprint density at radius 2 is 0.793 bits per heavy atom. The predicted octanol–water partition coefficient (Wildman–Crippen LogP) is 8.07. The van der Waals surface area contributed by atoms with Gasteiger partial charge in [0.25, 0.3) is 7.82 Å². The second-order valence-electron chi connectivity index (χ2n) is 8.73. The molecular formula is C24H50O4P-. The number of hydrogen-bond donors (Lipinski definition) is 1. The Morgan fingerprint density at radius 3 is 1.03 bits per heavy atom. The summed E-state index contributed by atoms with van der Waals surface area (Å²) >= 11 is 0. The minimum absolute atomic E-state index is 0.108. The normalized spacial score (nSPS) is 13.6. The maximum atomic E-state index is 10.4. The third kappa shape index (κ3) is 28.1. The standard InChI is InChI=1S/C24H51O4P/c1-2-3-4-5-6-7-8-9-10-11-12-13-14-15-16-17-18-19-20-21-22-23-24-28-29(25,26)27/h2-24H2,1H3,(H2,25,26,27)/p-1. The Labute approximate surface area is 181 Å². The molecule has 0 saturated carbocycles. The van der Waals surface area contributed by atoms with Gasteiger partial charge in [0, 0.05) is 0 Å². The number of hydrogen-bond acceptors (Lipinski definition) is 3. The summed E-state index contributed by atoms with van der Waals surface area (Å²) in [6.45, 7) is 2.39. The molecule has 0 fully saturated rings. The molecule has 0 aromatic rings. The van der Waals surface area contributed by atoms with E-state index in [2.05, 4.69) is 11.4 Å². The molecule has 0 saturated heterocycles. The fourth-order valence-corrected chi connectivity index (χ4v) is 4.25. The molecular weight excluding hydrogens is 383 g/mol. The molecule has 1 unspecified atom stereocenters. The summed E-state index contributed by atoms with van der Waals surface area (Å²) < 4.78 is 14.7. The van der Waals surface area contributed by atoms with Gasteiger partial charge in [-0.1, -0.05) is 142 Å². The largest absolute Gasteiger partial charge is 0.756 e. The molecule has 0 heterocycles. The van der Waals surface area contributed by atoms with Gasteiger partial charge in [-0.25, -0.2) is 0 Å². The maximum absolute atomic E-state index is 10.4. The highest BCUT2D eigenvalue weighted by atomic mass is 31.2. The zero-order chi connectivity index (χ0) is 21.5. The van der Waals surface area contributed by atoms with Crippen LogP contribution in [0.25, 0.3) is 0 Å². The van der Waals surface area contributed by atoms with Crippen LogP contribution in [0.4, 0.5) is 0 Å². The highest BCUT2D eigenvalue weighted by Gasteiger charge is 2.00. The van der Waals surface area contributed by atoms with Crippen molar-refractivity contribution in [3.63, 3.8) is 0 Å². The summed E-state index contributed by atoms with van der Waals surface area (Å²) in [6, 6.07) is 0. The molecule has 4 nitrogen and oxygen atoms in total. The van der Waals surface area contributed by atoms with Crippen molar-refractivity contribution in [2.24, 2.45) is 0 Å². The van der Waals surface area contributed by atoms with Gasteiger partial charge in [0.15, 0.2) is 0 Å². The lowest BCUT2D eigenvalue weighted by Crippen LogP contribution is -2.04. The summed E-state index contributed by atoms with van der Waals surface area (Å²) in [5.41, 5.74) is 0. The summed E-state index contributed by atoms with van der Waals surface area (Å²) in [6.07, 6.45) is 29.3. The van der Waals surface area contributed by atoms with Crippen LogP contribution in [0, 0.1) is 0 Å². The van der Waals surface area contributed by atoms with E-state index in [1.165, 1.54) is 122 Å². The number of rotatable bonds is 24. The Hall–Kier alpha value is 0.110. The molecule has 29 heavy (non-hydrogen) atoms. The van der Waals surface area contributed by atoms with Gasteiger partial charge in [-0.2, -0.15) is 0 Å². The van der Waals surface area contributed by atoms with Crippen molar-refractivity contribution < 1.29 is 18.9 Å². The van der Waals surface area contributed by atoms with Crippen LogP contribution in [-0.4, -0.2) is 11.5 Å². The zero-order valence-electron chi connectivity index (χ0n) is 19.4. The molecule has 0 bridgehead atoms. The van der Waals surface area contributed by atoms with Gasteiger partial charge in [-0.05, 0) is 6.42 Å². The average Bonchev–Trinajstić information content (AvgIpc) is 2.67. The third-order valence-corrected chi connectivity index (χ3v) is 6.26. The second kappa shape index (κ2) is 22.8. The number of phosphoric acid groups is 1. The Balaban J connectivity index is 3.02. The lowest BCUT2D eigenvalue weighted by molar-refractivity contribution is -0.219. The van der Waals surface area contributed by atoms with Crippen molar-refractivity contribution in [1.82, 2.24) is 0 Å². The topological polar surface area (TPSA) is 69.6 Å². The molecule has 0 aliphatic carbocycles. The van der Waals surface area contributed by atoms with Crippen molar-refractivity contribution in [2.45, 2.75) is 148 Å². The van der Waals surface area contributed by atoms with Crippen LogP contribution >= 0.6 is 7.82 Å². The van der Waals surface area contributed by atoms with Crippen LogP contribution in [-0.2, 0) is 9.09 Å². The minimum Gasteiger partial charge on any atom is -0.756 e. The van der Waals surface area contributed by atoms with Crippen molar-refractivity contribution in [3.8, 4) is 0 Å². The molecule has 1 N–H and O–H groups in total. The molecule has 0 rings (SSSR count). The quantitative estimate of drug-likeness (QED) is 0.123. The van der Waals surface area contributed by atoms with Gasteiger partial charge in [0.05, 0.1) is 6.61 Å². The predicted molar refractivity (Wildman–Crippen MR) is 123 cm³/mol. The van der Waals surface area contributed by atoms with Gasteiger partial charge < -0.3 is 14.3 Å². The van der Waals surface area contributed by atoms with Crippen LogP contribution in [0.1, 0.15) is 148 Å². The summed E-state index contributed by atoms with van der Waals surface area (Å²) in [5, 5.41) is 0. The Morgan fingerprint density at radius 1 is 0.552 bits per heavy atom. The molecule has 1 atom stereocenters. The van der Waals surface area contributed by atoms with Gasteiger partial charge >= 0.3 is 0 Å². The molecule has 5 heteroatoms. The minimum atomic E-state index is -4.51. The first-order chi connectivity index (χ1) is 14.1. The summed E-state index contributed by atoms with van der Waals surface area (Å²) in [7, 11) is -4.51. The molecule has 0 aliphatic rings. The van der Waals surface area contributed by atoms with Crippen LogP contribution < -0.4 is 4.89 Å². The van der Waals surface area contributed by atoms with Gasteiger partial charge in [-0.3, -0.25) is 4.57 Å². The fraction of sp³-hybridized carbons (Fsp3) is 1.00. The van der Waals surface area contributed by atoms with E-state index in [-0.39, 0.29) is 6.61 Å². The van der Waals surface area contributed by atoms with Crippen molar-refractivity contribution in [2.75, 3.05) is 6.61 Å². The molecule has 0 aliphatic heterocycles. The third-order valence-electron chi connectivity index (χ3n) is 5.75. The van der Waals surface area contributed by atoms with Crippen molar-refractivity contribution in [1.29, 1.82) is 0 Å².